The molecule has 0 saturated carbocycles. The van der Waals surface area contributed by atoms with Gasteiger partial charge in [0.05, 0.1) is 17.0 Å². The Morgan fingerprint density at radius 3 is 2.21 bits per heavy atom. The number of anilines is 1. The van der Waals surface area contributed by atoms with Crippen molar-refractivity contribution < 1.29 is 18.0 Å². The summed E-state index contributed by atoms with van der Waals surface area (Å²) in [6.07, 6.45) is 1.73. The highest BCUT2D eigenvalue weighted by Crippen LogP contribution is 2.30. The summed E-state index contributed by atoms with van der Waals surface area (Å²) >= 11 is 12.2. The molecule has 1 N–H and O–H groups in total. The maximum Gasteiger partial charge on any atom is 0.244 e. The van der Waals surface area contributed by atoms with Crippen LogP contribution in [0.3, 0.4) is 0 Å². The average Bonchev–Trinajstić information content (AvgIpc) is 2.76. The summed E-state index contributed by atoms with van der Waals surface area (Å²) in [7, 11) is -3.87. The van der Waals surface area contributed by atoms with Crippen molar-refractivity contribution in [3.05, 3.63) is 63.6 Å². The summed E-state index contributed by atoms with van der Waals surface area (Å²) in [4.78, 5) is 27.7. The van der Waals surface area contributed by atoms with Crippen LogP contribution in [-0.4, -0.2) is 50.0 Å². The first-order valence-electron chi connectivity index (χ1n) is 10.9. The van der Waals surface area contributed by atoms with E-state index >= 15 is 0 Å². The van der Waals surface area contributed by atoms with Gasteiger partial charge in [-0.15, -0.1) is 0 Å². The Kier molecular flexibility index (Phi) is 9.79. The van der Waals surface area contributed by atoms with Gasteiger partial charge in [-0.1, -0.05) is 60.0 Å². The molecule has 2 aromatic rings. The number of carbonyl (C=O) groups excluding carboxylic acids is 2. The van der Waals surface area contributed by atoms with Gasteiger partial charge in [0, 0.05) is 17.6 Å². The molecule has 34 heavy (non-hydrogen) atoms. The second kappa shape index (κ2) is 11.9. The Hall–Kier alpha value is -2.29. The standard InChI is InChI=1S/C24H31Cl2N3O4S/c1-6-17(3)27-24(31)18(4)28(14-19-9-7-16(2)8-10-19)23(30)15-29(34(5,32)33)22-12-11-20(25)13-21(22)26/h7-13,17-18H,6,14-15H2,1-5H3,(H,27,31)/t17-,18+/m1/s1. The lowest BCUT2D eigenvalue weighted by atomic mass is 10.1. The molecule has 0 saturated heterocycles. The molecule has 0 radical (unpaired) electrons. The predicted octanol–water partition coefficient (Wildman–Crippen LogP) is 4.40. The lowest BCUT2D eigenvalue weighted by Gasteiger charge is -2.32. The van der Waals surface area contributed by atoms with E-state index in [4.69, 9.17) is 23.2 Å². The number of nitrogens with one attached hydrogen (secondary N) is 1. The topological polar surface area (TPSA) is 86.8 Å². The van der Waals surface area contributed by atoms with Crippen LogP contribution in [0.4, 0.5) is 5.69 Å². The highest BCUT2D eigenvalue weighted by atomic mass is 35.5. The first-order valence-corrected chi connectivity index (χ1v) is 13.5. The largest absolute Gasteiger partial charge is 0.352 e. The molecule has 0 fully saturated rings. The second-order valence-corrected chi connectivity index (χ2v) is 11.1. The molecule has 0 spiro atoms. The van der Waals surface area contributed by atoms with E-state index in [9.17, 15) is 18.0 Å². The van der Waals surface area contributed by atoms with Gasteiger partial charge in [0.25, 0.3) is 0 Å². The Morgan fingerprint density at radius 2 is 1.68 bits per heavy atom. The molecule has 2 aromatic carbocycles. The summed E-state index contributed by atoms with van der Waals surface area (Å²) in [5, 5.41) is 3.32. The number of hydrogen-bond donors (Lipinski definition) is 1. The highest BCUT2D eigenvalue weighted by Gasteiger charge is 2.31. The van der Waals surface area contributed by atoms with Gasteiger partial charge in [0.15, 0.2) is 0 Å². The van der Waals surface area contributed by atoms with Gasteiger partial charge in [0.1, 0.15) is 12.6 Å². The molecule has 0 aliphatic heterocycles. The van der Waals surface area contributed by atoms with Crippen molar-refractivity contribution in [2.75, 3.05) is 17.1 Å². The number of amides is 2. The van der Waals surface area contributed by atoms with Crippen molar-refractivity contribution in [3.8, 4) is 0 Å². The predicted molar refractivity (Wildman–Crippen MR) is 138 cm³/mol. The zero-order valence-electron chi connectivity index (χ0n) is 20.0. The van der Waals surface area contributed by atoms with Crippen molar-refractivity contribution in [2.45, 2.75) is 52.7 Å². The summed E-state index contributed by atoms with van der Waals surface area (Å²) in [5.74, 6) is -0.853. The molecular formula is C24H31Cl2N3O4S. The minimum atomic E-state index is -3.87. The SMILES string of the molecule is CC[C@@H](C)NC(=O)[C@H](C)N(Cc1ccc(C)cc1)C(=O)CN(c1ccc(Cl)cc1Cl)S(C)(=O)=O. The Morgan fingerprint density at radius 1 is 1.06 bits per heavy atom. The fraction of sp³-hybridized carbons (Fsp3) is 0.417. The minimum absolute atomic E-state index is 0.0633. The first-order chi connectivity index (χ1) is 15.8. The van der Waals surface area contributed by atoms with Crippen LogP contribution >= 0.6 is 23.2 Å². The van der Waals surface area contributed by atoms with Gasteiger partial charge in [-0.3, -0.25) is 13.9 Å². The maximum atomic E-state index is 13.5. The molecule has 0 aliphatic carbocycles. The van der Waals surface area contributed by atoms with Crippen LogP contribution in [0.5, 0.6) is 0 Å². The second-order valence-electron chi connectivity index (χ2n) is 8.37. The molecule has 2 amide bonds. The van der Waals surface area contributed by atoms with Gasteiger partial charge in [-0.05, 0) is 51.0 Å². The van der Waals surface area contributed by atoms with Gasteiger partial charge < -0.3 is 10.2 Å². The van der Waals surface area contributed by atoms with Crippen molar-refractivity contribution in [3.63, 3.8) is 0 Å². The first kappa shape index (κ1) is 28.0. The van der Waals surface area contributed by atoms with E-state index in [-0.39, 0.29) is 29.2 Å². The van der Waals surface area contributed by atoms with E-state index in [1.165, 1.54) is 23.1 Å². The fourth-order valence-electron chi connectivity index (χ4n) is 3.22. The normalized spacial score (nSPS) is 13.1. The molecule has 2 atom stereocenters. The molecule has 186 valence electrons. The third-order valence-electron chi connectivity index (χ3n) is 5.50. The van der Waals surface area contributed by atoms with Crippen LogP contribution in [0.25, 0.3) is 0 Å². The molecular weight excluding hydrogens is 497 g/mol. The van der Waals surface area contributed by atoms with Gasteiger partial charge >= 0.3 is 0 Å². The lowest BCUT2D eigenvalue weighted by Crippen LogP contribution is -2.52. The zero-order valence-corrected chi connectivity index (χ0v) is 22.3. The number of aryl methyl sites for hydroxylation is 1. The quantitative estimate of drug-likeness (QED) is 0.495. The molecule has 10 heteroatoms. The van der Waals surface area contributed by atoms with E-state index in [2.05, 4.69) is 5.32 Å². The Bertz CT molecular complexity index is 1120. The molecule has 2 rings (SSSR count). The number of nitrogens with zero attached hydrogens (tertiary/aromatic N) is 2. The molecule has 0 heterocycles. The average molecular weight is 529 g/mol. The van der Waals surface area contributed by atoms with Crippen LogP contribution in [-0.2, 0) is 26.2 Å². The zero-order chi connectivity index (χ0) is 25.6. The van der Waals surface area contributed by atoms with Crippen molar-refractivity contribution in [1.29, 1.82) is 0 Å². The number of halogens is 2. The van der Waals surface area contributed by atoms with Gasteiger partial charge in [-0.25, -0.2) is 8.42 Å². The van der Waals surface area contributed by atoms with Crippen LogP contribution < -0.4 is 9.62 Å². The Labute approximate surface area is 212 Å². The van der Waals surface area contributed by atoms with E-state index in [0.717, 1.165) is 28.1 Å². The van der Waals surface area contributed by atoms with Crippen LogP contribution in [0.1, 0.15) is 38.3 Å². The highest BCUT2D eigenvalue weighted by molar-refractivity contribution is 7.92. The lowest BCUT2D eigenvalue weighted by molar-refractivity contribution is -0.139. The summed E-state index contributed by atoms with van der Waals surface area (Å²) in [6.45, 7) is 7.03. The number of benzene rings is 2. The van der Waals surface area contributed by atoms with Crippen molar-refractivity contribution in [1.82, 2.24) is 10.2 Å². The number of rotatable bonds is 10. The van der Waals surface area contributed by atoms with E-state index in [1.54, 1.807) is 6.92 Å². The summed E-state index contributed by atoms with van der Waals surface area (Å²) < 4.78 is 26.1. The van der Waals surface area contributed by atoms with Crippen molar-refractivity contribution in [2.24, 2.45) is 0 Å². The van der Waals surface area contributed by atoms with E-state index in [0.29, 0.717) is 5.02 Å². The summed E-state index contributed by atoms with van der Waals surface area (Å²) in [5.41, 5.74) is 2.01. The molecule has 0 aliphatic rings. The number of sulfonamides is 1. The monoisotopic (exact) mass is 527 g/mol. The van der Waals surface area contributed by atoms with Crippen LogP contribution in [0.2, 0.25) is 10.0 Å². The fourth-order valence-corrected chi connectivity index (χ4v) is 4.64. The third kappa shape index (κ3) is 7.61. The number of hydrogen-bond acceptors (Lipinski definition) is 4. The van der Waals surface area contributed by atoms with E-state index < -0.39 is 28.5 Å². The third-order valence-corrected chi connectivity index (χ3v) is 7.16. The maximum absolute atomic E-state index is 13.5. The molecule has 0 aromatic heterocycles. The van der Waals surface area contributed by atoms with Gasteiger partial charge in [0.2, 0.25) is 21.8 Å². The summed E-state index contributed by atoms with van der Waals surface area (Å²) in [6, 6.07) is 11.0. The molecule has 0 unspecified atom stereocenters. The van der Waals surface area contributed by atoms with Crippen molar-refractivity contribution >= 4 is 50.7 Å². The number of carbonyl (C=O) groups is 2. The van der Waals surface area contributed by atoms with Crippen LogP contribution in [0, 0.1) is 6.92 Å². The van der Waals surface area contributed by atoms with E-state index in [1.807, 2.05) is 45.0 Å². The van der Waals surface area contributed by atoms with Gasteiger partial charge in [-0.2, -0.15) is 0 Å². The Balaban J connectivity index is 2.41. The van der Waals surface area contributed by atoms with Crippen LogP contribution in [0.15, 0.2) is 42.5 Å². The molecule has 0 bridgehead atoms. The smallest absolute Gasteiger partial charge is 0.244 e. The molecule has 7 nitrogen and oxygen atoms in total. The minimum Gasteiger partial charge on any atom is -0.352 e.